The van der Waals surface area contributed by atoms with Crippen molar-refractivity contribution in [1.29, 1.82) is 5.41 Å². The summed E-state index contributed by atoms with van der Waals surface area (Å²) in [6.45, 7) is 2.28. The van der Waals surface area contributed by atoms with E-state index in [2.05, 4.69) is 4.98 Å². The lowest BCUT2D eigenvalue weighted by molar-refractivity contribution is 0.301. The van der Waals surface area contributed by atoms with Gasteiger partial charge in [-0.15, -0.1) is 11.3 Å². The van der Waals surface area contributed by atoms with Gasteiger partial charge in [0, 0.05) is 10.4 Å². The van der Waals surface area contributed by atoms with E-state index in [-0.39, 0.29) is 5.84 Å². The zero-order chi connectivity index (χ0) is 13.1. The monoisotopic (exact) mass is 281 g/mol. The van der Waals surface area contributed by atoms with Crippen LogP contribution in [0, 0.1) is 12.3 Å². The number of halogens is 1. The number of nitrogens with one attached hydrogen (secondary N) is 1. The molecule has 2 rings (SSSR count). The number of hydrogen-bond acceptors (Lipinski definition) is 4. The topological polar surface area (TPSA) is 72.0 Å². The second-order valence-electron chi connectivity index (χ2n) is 3.70. The number of nitrogens with two attached hydrogens (primary N) is 1. The van der Waals surface area contributed by atoms with Gasteiger partial charge in [0.15, 0.2) is 0 Å². The third-order valence-corrected chi connectivity index (χ3v) is 3.33. The Kier molecular flexibility index (Phi) is 3.84. The van der Waals surface area contributed by atoms with Crippen molar-refractivity contribution >= 4 is 28.8 Å². The van der Waals surface area contributed by atoms with E-state index >= 15 is 0 Å². The molecule has 1 aromatic heterocycles. The standard InChI is InChI=1S/C12H12ClN3OS/c1-7-16-9(6-18-7)5-17-11-4-8(13)2-3-10(11)12(14)15/h2-4,6H,5H2,1H3,(H3,14,15). The predicted octanol–water partition coefficient (Wildman–Crippen LogP) is 2.97. The number of rotatable bonds is 4. The second-order valence-corrected chi connectivity index (χ2v) is 5.20. The molecule has 1 heterocycles. The number of benzene rings is 1. The minimum absolute atomic E-state index is 0.0453. The maximum atomic E-state index is 7.48. The van der Waals surface area contributed by atoms with E-state index in [1.807, 2.05) is 12.3 Å². The van der Waals surface area contributed by atoms with Gasteiger partial charge in [-0.1, -0.05) is 11.6 Å². The van der Waals surface area contributed by atoms with Gasteiger partial charge < -0.3 is 10.5 Å². The van der Waals surface area contributed by atoms with Gasteiger partial charge in [-0.3, -0.25) is 5.41 Å². The van der Waals surface area contributed by atoms with Crippen molar-refractivity contribution in [1.82, 2.24) is 4.98 Å². The normalized spacial score (nSPS) is 10.3. The number of aromatic nitrogens is 1. The zero-order valence-corrected chi connectivity index (χ0v) is 11.3. The maximum Gasteiger partial charge on any atom is 0.132 e. The quantitative estimate of drug-likeness (QED) is 0.668. The molecule has 0 atom stereocenters. The molecule has 0 fully saturated rings. The summed E-state index contributed by atoms with van der Waals surface area (Å²) < 4.78 is 5.62. The molecular weight excluding hydrogens is 270 g/mol. The maximum absolute atomic E-state index is 7.48. The smallest absolute Gasteiger partial charge is 0.132 e. The van der Waals surface area contributed by atoms with Gasteiger partial charge in [0.25, 0.3) is 0 Å². The Balaban J connectivity index is 2.17. The summed E-state index contributed by atoms with van der Waals surface area (Å²) in [6, 6.07) is 5.00. The fourth-order valence-corrected chi connectivity index (χ4v) is 2.22. The van der Waals surface area contributed by atoms with Gasteiger partial charge in [0.05, 0.1) is 16.3 Å². The largest absolute Gasteiger partial charge is 0.486 e. The highest BCUT2D eigenvalue weighted by atomic mass is 35.5. The van der Waals surface area contributed by atoms with Crippen LogP contribution in [-0.4, -0.2) is 10.8 Å². The molecule has 0 amide bonds. The molecule has 3 N–H and O–H groups in total. The third-order valence-electron chi connectivity index (χ3n) is 2.28. The van der Waals surface area contributed by atoms with Crippen molar-refractivity contribution in [2.24, 2.45) is 5.73 Å². The van der Waals surface area contributed by atoms with Crippen LogP contribution in [0.2, 0.25) is 5.02 Å². The van der Waals surface area contributed by atoms with Gasteiger partial charge in [-0.05, 0) is 25.1 Å². The van der Waals surface area contributed by atoms with Crippen molar-refractivity contribution in [3.05, 3.63) is 44.9 Å². The molecule has 0 spiro atoms. The molecule has 18 heavy (non-hydrogen) atoms. The first-order chi connectivity index (χ1) is 8.56. The number of nitrogen functional groups attached to an aromatic ring is 1. The van der Waals surface area contributed by atoms with Crippen molar-refractivity contribution in [2.45, 2.75) is 13.5 Å². The summed E-state index contributed by atoms with van der Waals surface area (Å²) in [6.07, 6.45) is 0. The van der Waals surface area contributed by atoms with Gasteiger partial charge in [-0.2, -0.15) is 0 Å². The molecule has 6 heteroatoms. The SMILES string of the molecule is Cc1nc(COc2cc(Cl)ccc2C(=N)N)cs1. The van der Waals surface area contributed by atoms with E-state index in [0.717, 1.165) is 10.7 Å². The minimum atomic E-state index is -0.0453. The Labute approximate surface area is 114 Å². The highest BCUT2D eigenvalue weighted by Gasteiger charge is 2.08. The Morgan fingerprint density at radius 2 is 2.33 bits per heavy atom. The molecule has 94 valence electrons. The fourth-order valence-electron chi connectivity index (χ4n) is 1.46. The number of ether oxygens (including phenoxy) is 1. The third kappa shape index (κ3) is 3.00. The van der Waals surface area contributed by atoms with Crippen LogP contribution in [0.25, 0.3) is 0 Å². The lowest BCUT2D eigenvalue weighted by Gasteiger charge is -2.09. The second kappa shape index (κ2) is 5.37. The van der Waals surface area contributed by atoms with Crippen molar-refractivity contribution in [2.75, 3.05) is 0 Å². The van der Waals surface area contributed by atoms with Crippen LogP contribution < -0.4 is 10.5 Å². The Morgan fingerprint density at radius 1 is 1.56 bits per heavy atom. The molecule has 0 unspecified atom stereocenters. The molecule has 1 aromatic carbocycles. The van der Waals surface area contributed by atoms with Crippen LogP contribution >= 0.6 is 22.9 Å². The van der Waals surface area contributed by atoms with Crippen LogP contribution in [0.5, 0.6) is 5.75 Å². The first kappa shape index (κ1) is 12.9. The predicted molar refractivity (Wildman–Crippen MR) is 73.7 cm³/mol. The molecule has 0 saturated heterocycles. The van der Waals surface area contributed by atoms with E-state index in [0.29, 0.717) is 22.9 Å². The summed E-state index contributed by atoms with van der Waals surface area (Å²) in [7, 11) is 0. The van der Waals surface area contributed by atoms with Gasteiger partial charge in [0.1, 0.15) is 18.2 Å². The van der Waals surface area contributed by atoms with Crippen LogP contribution in [0.3, 0.4) is 0 Å². The summed E-state index contributed by atoms with van der Waals surface area (Å²) >= 11 is 7.47. The van der Waals surface area contributed by atoms with Gasteiger partial charge in [0.2, 0.25) is 0 Å². The van der Waals surface area contributed by atoms with E-state index in [9.17, 15) is 0 Å². The average molecular weight is 282 g/mol. The molecule has 0 radical (unpaired) electrons. The number of hydrogen-bond donors (Lipinski definition) is 2. The number of amidine groups is 1. The van der Waals surface area contributed by atoms with E-state index in [1.54, 1.807) is 29.5 Å². The van der Waals surface area contributed by atoms with Crippen LogP contribution in [0.15, 0.2) is 23.6 Å². The fraction of sp³-hybridized carbons (Fsp3) is 0.167. The van der Waals surface area contributed by atoms with E-state index in [1.165, 1.54) is 0 Å². The van der Waals surface area contributed by atoms with Crippen LogP contribution in [-0.2, 0) is 6.61 Å². The Bertz CT molecular complexity index is 582. The lowest BCUT2D eigenvalue weighted by Crippen LogP contribution is -2.13. The van der Waals surface area contributed by atoms with Gasteiger partial charge >= 0.3 is 0 Å². The molecule has 0 aliphatic carbocycles. The van der Waals surface area contributed by atoms with Crippen molar-refractivity contribution < 1.29 is 4.74 Å². The molecule has 2 aromatic rings. The molecule has 0 bridgehead atoms. The number of aryl methyl sites for hydroxylation is 1. The molecule has 0 aliphatic heterocycles. The highest BCUT2D eigenvalue weighted by molar-refractivity contribution is 7.09. The Hall–Kier alpha value is -1.59. The Morgan fingerprint density at radius 3 is 2.94 bits per heavy atom. The molecule has 0 saturated carbocycles. The lowest BCUT2D eigenvalue weighted by atomic mass is 10.2. The molecular formula is C12H12ClN3OS. The van der Waals surface area contributed by atoms with Crippen LogP contribution in [0.4, 0.5) is 0 Å². The summed E-state index contributed by atoms with van der Waals surface area (Å²) in [5.74, 6) is 0.455. The van der Waals surface area contributed by atoms with Crippen molar-refractivity contribution in [3.63, 3.8) is 0 Å². The molecule has 4 nitrogen and oxygen atoms in total. The molecule has 0 aliphatic rings. The number of nitrogens with zero attached hydrogens (tertiary/aromatic N) is 1. The van der Waals surface area contributed by atoms with Crippen molar-refractivity contribution in [3.8, 4) is 5.75 Å². The summed E-state index contributed by atoms with van der Waals surface area (Å²) in [5.41, 5.74) is 6.87. The van der Waals surface area contributed by atoms with E-state index in [4.69, 9.17) is 27.5 Å². The summed E-state index contributed by atoms with van der Waals surface area (Å²) in [5, 5.41) is 11.0. The average Bonchev–Trinajstić information content (AvgIpc) is 2.72. The van der Waals surface area contributed by atoms with E-state index < -0.39 is 0 Å². The summed E-state index contributed by atoms with van der Waals surface area (Å²) in [4.78, 5) is 4.30. The highest BCUT2D eigenvalue weighted by Crippen LogP contribution is 2.24. The first-order valence-corrected chi connectivity index (χ1v) is 6.50. The zero-order valence-electron chi connectivity index (χ0n) is 9.74. The first-order valence-electron chi connectivity index (χ1n) is 5.24. The van der Waals surface area contributed by atoms with Crippen LogP contribution in [0.1, 0.15) is 16.3 Å². The minimum Gasteiger partial charge on any atom is -0.486 e. The number of thiazole rings is 1. The van der Waals surface area contributed by atoms with Gasteiger partial charge in [-0.25, -0.2) is 4.98 Å².